The highest BCUT2D eigenvalue weighted by molar-refractivity contribution is 5.15. The lowest BCUT2D eigenvalue weighted by Gasteiger charge is -2.34. The fraction of sp³-hybridized carbons (Fsp3) is 0.647. The molecule has 0 aromatic heterocycles. The molecule has 1 atom stereocenters. The first-order chi connectivity index (χ1) is 9.22. The lowest BCUT2D eigenvalue weighted by atomic mass is 9.84. The summed E-state index contributed by atoms with van der Waals surface area (Å²) in [7, 11) is 0. The van der Waals surface area contributed by atoms with E-state index in [-0.39, 0.29) is 0 Å². The van der Waals surface area contributed by atoms with E-state index < -0.39 is 5.60 Å². The summed E-state index contributed by atoms with van der Waals surface area (Å²) in [4.78, 5) is 0. The van der Waals surface area contributed by atoms with Crippen molar-refractivity contribution in [1.82, 2.24) is 5.32 Å². The van der Waals surface area contributed by atoms with Crippen LogP contribution in [0.3, 0.4) is 0 Å². The van der Waals surface area contributed by atoms with Gasteiger partial charge in [0.25, 0.3) is 0 Å². The zero-order chi connectivity index (χ0) is 13.6. The first kappa shape index (κ1) is 14.5. The van der Waals surface area contributed by atoms with Crippen molar-refractivity contribution in [2.24, 2.45) is 0 Å². The van der Waals surface area contributed by atoms with Gasteiger partial charge in [0.2, 0.25) is 0 Å². The van der Waals surface area contributed by atoms with Crippen molar-refractivity contribution in [3.05, 3.63) is 35.9 Å². The summed E-state index contributed by atoms with van der Waals surface area (Å²) >= 11 is 0. The zero-order valence-electron chi connectivity index (χ0n) is 12.1. The summed E-state index contributed by atoms with van der Waals surface area (Å²) in [6.07, 6.45) is 7.70. The Labute approximate surface area is 117 Å². The second-order valence-corrected chi connectivity index (χ2v) is 5.96. The number of hydrogen-bond acceptors (Lipinski definition) is 2. The Morgan fingerprint density at radius 2 is 1.84 bits per heavy atom. The van der Waals surface area contributed by atoms with Crippen LogP contribution in [0.25, 0.3) is 0 Å². The minimum atomic E-state index is -0.456. The van der Waals surface area contributed by atoms with Gasteiger partial charge in [-0.15, -0.1) is 0 Å². The van der Waals surface area contributed by atoms with Crippen molar-refractivity contribution >= 4 is 0 Å². The Hall–Kier alpha value is -0.860. The fourth-order valence-electron chi connectivity index (χ4n) is 2.98. The van der Waals surface area contributed by atoms with Gasteiger partial charge in [-0.05, 0) is 31.2 Å². The predicted molar refractivity (Wildman–Crippen MR) is 80.3 cm³/mol. The first-order valence-electron chi connectivity index (χ1n) is 7.71. The number of hydrogen-bond donors (Lipinski definition) is 2. The average Bonchev–Trinajstić information content (AvgIpc) is 2.45. The lowest BCUT2D eigenvalue weighted by molar-refractivity contribution is 0.00255. The Kier molecular flexibility index (Phi) is 5.41. The van der Waals surface area contributed by atoms with E-state index >= 15 is 0 Å². The van der Waals surface area contributed by atoms with Crippen LogP contribution in [0.5, 0.6) is 0 Å². The molecule has 106 valence electrons. The molecule has 1 fully saturated rings. The topological polar surface area (TPSA) is 32.3 Å². The van der Waals surface area contributed by atoms with Gasteiger partial charge in [0, 0.05) is 12.6 Å². The Morgan fingerprint density at radius 1 is 1.16 bits per heavy atom. The van der Waals surface area contributed by atoms with Crippen molar-refractivity contribution in [2.75, 3.05) is 6.54 Å². The van der Waals surface area contributed by atoms with E-state index in [1.165, 1.54) is 24.8 Å². The molecule has 0 heterocycles. The third-order valence-electron chi connectivity index (χ3n) is 4.32. The number of nitrogens with one attached hydrogen (secondary N) is 1. The maximum atomic E-state index is 10.5. The molecule has 19 heavy (non-hydrogen) atoms. The van der Waals surface area contributed by atoms with E-state index in [0.717, 1.165) is 32.2 Å². The van der Waals surface area contributed by atoms with Crippen LogP contribution in [-0.2, 0) is 6.42 Å². The SMILES string of the molecule is CCC(Cc1ccccc1)NCC1(O)CCCCC1. The highest BCUT2D eigenvalue weighted by Crippen LogP contribution is 2.27. The predicted octanol–water partition coefficient (Wildman–Crippen LogP) is 3.29. The van der Waals surface area contributed by atoms with Crippen molar-refractivity contribution in [1.29, 1.82) is 0 Å². The highest BCUT2D eigenvalue weighted by atomic mass is 16.3. The Balaban J connectivity index is 1.82. The van der Waals surface area contributed by atoms with Gasteiger partial charge < -0.3 is 10.4 Å². The molecule has 0 spiro atoms. The van der Waals surface area contributed by atoms with Gasteiger partial charge in [-0.3, -0.25) is 0 Å². The molecular formula is C17H27NO. The second kappa shape index (κ2) is 7.06. The van der Waals surface area contributed by atoms with E-state index in [2.05, 4.69) is 42.6 Å². The lowest BCUT2D eigenvalue weighted by Crippen LogP contribution is -2.46. The van der Waals surface area contributed by atoms with Gasteiger partial charge in [0.15, 0.2) is 0 Å². The molecule has 0 radical (unpaired) electrons. The van der Waals surface area contributed by atoms with Crippen LogP contribution in [0.1, 0.15) is 51.0 Å². The maximum Gasteiger partial charge on any atom is 0.0771 e. The second-order valence-electron chi connectivity index (χ2n) is 5.96. The molecule has 2 nitrogen and oxygen atoms in total. The number of rotatable bonds is 6. The minimum Gasteiger partial charge on any atom is -0.389 e. The summed E-state index contributed by atoms with van der Waals surface area (Å²) in [5.41, 5.74) is 0.917. The molecule has 0 saturated heterocycles. The van der Waals surface area contributed by atoms with Crippen LogP contribution in [0.15, 0.2) is 30.3 Å². The molecular weight excluding hydrogens is 234 g/mol. The smallest absolute Gasteiger partial charge is 0.0771 e. The third-order valence-corrected chi connectivity index (χ3v) is 4.32. The summed E-state index contributed by atoms with van der Waals surface area (Å²) in [6, 6.07) is 11.1. The molecule has 0 bridgehead atoms. The van der Waals surface area contributed by atoms with E-state index in [0.29, 0.717) is 6.04 Å². The molecule has 1 aromatic carbocycles. The highest BCUT2D eigenvalue weighted by Gasteiger charge is 2.29. The van der Waals surface area contributed by atoms with Gasteiger partial charge >= 0.3 is 0 Å². The number of benzene rings is 1. The van der Waals surface area contributed by atoms with Crippen LogP contribution < -0.4 is 5.32 Å². The van der Waals surface area contributed by atoms with Crippen LogP contribution in [0.2, 0.25) is 0 Å². The van der Waals surface area contributed by atoms with E-state index in [1.807, 2.05) is 0 Å². The molecule has 0 amide bonds. The van der Waals surface area contributed by atoms with Gasteiger partial charge in [-0.1, -0.05) is 56.5 Å². The van der Waals surface area contributed by atoms with Crippen molar-refractivity contribution in [3.8, 4) is 0 Å². The fourth-order valence-corrected chi connectivity index (χ4v) is 2.98. The molecule has 1 aliphatic carbocycles. The number of aliphatic hydroxyl groups is 1. The van der Waals surface area contributed by atoms with Crippen molar-refractivity contribution in [2.45, 2.75) is 63.5 Å². The average molecular weight is 261 g/mol. The summed E-state index contributed by atoms with van der Waals surface area (Å²) in [5, 5.41) is 14.1. The normalized spacial score (nSPS) is 20.1. The van der Waals surface area contributed by atoms with Gasteiger partial charge in [0.05, 0.1) is 5.60 Å². The molecule has 2 heteroatoms. The summed E-state index contributed by atoms with van der Waals surface area (Å²) in [6.45, 7) is 2.96. The summed E-state index contributed by atoms with van der Waals surface area (Å²) in [5.74, 6) is 0. The maximum absolute atomic E-state index is 10.5. The van der Waals surface area contributed by atoms with Crippen molar-refractivity contribution < 1.29 is 5.11 Å². The van der Waals surface area contributed by atoms with Crippen LogP contribution in [0, 0.1) is 0 Å². The van der Waals surface area contributed by atoms with Gasteiger partial charge in [-0.2, -0.15) is 0 Å². The molecule has 0 aliphatic heterocycles. The summed E-state index contributed by atoms with van der Waals surface area (Å²) < 4.78 is 0. The van der Waals surface area contributed by atoms with Crippen LogP contribution in [-0.4, -0.2) is 23.3 Å². The molecule has 1 aromatic rings. The van der Waals surface area contributed by atoms with E-state index in [4.69, 9.17) is 0 Å². The molecule has 1 saturated carbocycles. The minimum absolute atomic E-state index is 0.456. The quantitative estimate of drug-likeness (QED) is 0.823. The monoisotopic (exact) mass is 261 g/mol. The van der Waals surface area contributed by atoms with Gasteiger partial charge in [0.1, 0.15) is 0 Å². The molecule has 2 N–H and O–H groups in total. The molecule has 2 rings (SSSR count). The Morgan fingerprint density at radius 3 is 2.47 bits per heavy atom. The third kappa shape index (κ3) is 4.63. The van der Waals surface area contributed by atoms with E-state index in [9.17, 15) is 5.11 Å². The van der Waals surface area contributed by atoms with E-state index in [1.54, 1.807) is 0 Å². The molecule has 1 aliphatic rings. The largest absolute Gasteiger partial charge is 0.389 e. The first-order valence-corrected chi connectivity index (χ1v) is 7.71. The van der Waals surface area contributed by atoms with Gasteiger partial charge in [-0.25, -0.2) is 0 Å². The Bertz CT molecular complexity index is 357. The van der Waals surface area contributed by atoms with Crippen molar-refractivity contribution in [3.63, 3.8) is 0 Å². The standard InChI is InChI=1S/C17H27NO/c1-2-16(13-15-9-5-3-6-10-15)18-14-17(19)11-7-4-8-12-17/h3,5-6,9-10,16,18-19H,2,4,7-8,11-14H2,1H3. The van der Waals surface area contributed by atoms with Crippen LogP contribution in [0.4, 0.5) is 0 Å². The molecule has 1 unspecified atom stereocenters. The van der Waals surface area contributed by atoms with Crippen LogP contribution >= 0.6 is 0 Å². The zero-order valence-corrected chi connectivity index (χ0v) is 12.1.